The minimum Gasteiger partial charge on any atom is -0.497 e. The van der Waals surface area contributed by atoms with Crippen LogP contribution in [0.2, 0.25) is 0 Å². The highest BCUT2D eigenvalue weighted by molar-refractivity contribution is 7.98. The molecule has 1 aromatic rings. The summed E-state index contributed by atoms with van der Waals surface area (Å²) in [5, 5.41) is 0. The number of ether oxygens (including phenoxy) is 2. The summed E-state index contributed by atoms with van der Waals surface area (Å²) in [5.74, 6) is 1.74. The molecule has 0 aromatic heterocycles. The van der Waals surface area contributed by atoms with Gasteiger partial charge in [-0.15, -0.1) is 11.8 Å². The van der Waals surface area contributed by atoms with Crippen molar-refractivity contribution in [2.75, 3.05) is 20.5 Å². The van der Waals surface area contributed by atoms with Gasteiger partial charge in [-0.1, -0.05) is 0 Å². The highest BCUT2D eigenvalue weighted by Crippen LogP contribution is 2.36. The molecule has 3 nitrogen and oxygen atoms in total. The molecule has 0 radical (unpaired) electrons. The monoisotopic (exact) mass is 255 g/mol. The van der Waals surface area contributed by atoms with Crippen molar-refractivity contribution < 1.29 is 9.47 Å². The second kappa shape index (κ2) is 5.65. The van der Waals surface area contributed by atoms with Gasteiger partial charge in [0.15, 0.2) is 0 Å². The van der Waals surface area contributed by atoms with Gasteiger partial charge >= 0.3 is 0 Å². The quantitative estimate of drug-likeness (QED) is 0.822. The number of hydrogen-bond acceptors (Lipinski definition) is 4. The molecule has 1 rings (SSSR count). The van der Waals surface area contributed by atoms with Crippen molar-refractivity contribution in [1.29, 1.82) is 0 Å². The molecule has 0 unspecified atom stereocenters. The molecule has 0 spiro atoms. The lowest BCUT2D eigenvalue weighted by Gasteiger charge is -2.22. The van der Waals surface area contributed by atoms with Crippen LogP contribution in [0, 0.1) is 0 Å². The molecular weight excluding hydrogens is 234 g/mol. The Labute approximate surface area is 108 Å². The lowest BCUT2D eigenvalue weighted by Crippen LogP contribution is -2.34. The van der Waals surface area contributed by atoms with Crippen molar-refractivity contribution in [2.45, 2.75) is 30.7 Å². The number of nitrogens with two attached hydrogens (primary N) is 1. The van der Waals surface area contributed by atoms with Crippen molar-refractivity contribution >= 4 is 11.8 Å². The Bertz CT molecular complexity index is 386. The van der Waals surface area contributed by atoms with Crippen LogP contribution in [0.1, 0.15) is 19.4 Å². The predicted molar refractivity (Wildman–Crippen MR) is 73.3 cm³/mol. The van der Waals surface area contributed by atoms with Gasteiger partial charge in [0.05, 0.1) is 19.1 Å². The zero-order valence-electron chi connectivity index (χ0n) is 11.2. The molecule has 0 atom stereocenters. The fourth-order valence-electron chi connectivity index (χ4n) is 1.76. The highest BCUT2D eigenvalue weighted by Gasteiger charge is 2.18. The van der Waals surface area contributed by atoms with Gasteiger partial charge in [-0.2, -0.15) is 0 Å². The Balaban J connectivity index is 3.24. The second-order valence-corrected chi connectivity index (χ2v) is 5.54. The van der Waals surface area contributed by atoms with Gasteiger partial charge in [-0.25, -0.2) is 0 Å². The van der Waals surface area contributed by atoms with Crippen LogP contribution in [-0.2, 0) is 6.42 Å². The molecule has 17 heavy (non-hydrogen) atoms. The van der Waals surface area contributed by atoms with Crippen LogP contribution < -0.4 is 15.2 Å². The van der Waals surface area contributed by atoms with Gasteiger partial charge < -0.3 is 15.2 Å². The van der Waals surface area contributed by atoms with E-state index in [4.69, 9.17) is 15.2 Å². The van der Waals surface area contributed by atoms with Crippen molar-refractivity contribution in [3.05, 3.63) is 17.7 Å². The van der Waals surface area contributed by atoms with E-state index in [2.05, 4.69) is 0 Å². The first-order chi connectivity index (χ1) is 7.91. The SMILES string of the molecule is COc1cc(CC(C)(C)N)c(OC)c(SC)c1. The van der Waals surface area contributed by atoms with Crippen molar-refractivity contribution in [2.24, 2.45) is 5.73 Å². The fraction of sp³-hybridized carbons (Fsp3) is 0.538. The molecule has 0 fully saturated rings. The summed E-state index contributed by atoms with van der Waals surface area (Å²) in [6.07, 6.45) is 2.77. The molecular formula is C13H21NO2S. The standard InChI is InChI=1S/C13H21NO2S/c1-13(2,14)8-9-6-10(15-3)7-11(17-5)12(9)16-4/h6-7H,8,14H2,1-5H3. The summed E-state index contributed by atoms with van der Waals surface area (Å²) >= 11 is 1.64. The summed E-state index contributed by atoms with van der Waals surface area (Å²) in [6.45, 7) is 4.01. The van der Waals surface area contributed by atoms with Crippen LogP contribution in [0.15, 0.2) is 17.0 Å². The van der Waals surface area contributed by atoms with Crippen LogP contribution >= 0.6 is 11.8 Å². The zero-order chi connectivity index (χ0) is 13.1. The van der Waals surface area contributed by atoms with E-state index >= 15 is 0 Å². The topological polar surface area (TPSA) is 44.5 Å². The summed E-state index contributed by atoms with van der Waals surface area (Å²) in [5.41, 5.74) is 6.89. The number of rotatable bonds is 5. The average molecular weight is 255 g/mol. The van der Waals surface area contributed by atoms with Crippen LogP contribution in [-0.4, -0.2) is 26.0 Å². The highest BCUT2D eigenvalue weighted by atomic mass is 32.2. The first-order valence-corrected chi connectivity index (χ1v) is 6.71. The van der Waals surface area contributed by atoms with Gasteiger partial charge in [-0.3, -0.25) is 0 Å². The third-order valence-corrected chi connectivity index (χ3v) is 3.15. The Kier molecular flexibility index (Phi) is 4.71. The summed E-state index contributed by atoms with van der Waals surface area (Å²) in [4.78, 5) is 1.08. The normalized spacial score (nSPS) is 11.4. The second-order valence-electron chi connectivity index (χ2n) is 4.69. The predicted octanol–water partition coefficient (Wildman–Crippen LogP) is 2.71. The van der Waals surface area contributed by atoms with Gasteiger partial charge in [0.25, 0.3) is 0 Å². The summed E-state index contributed by atoms with van der Waals surface area (Å²) in [6, 6.07) is 3.98. The molecule has 4 heteroatoms. The average Bonchev–Trinajstić information content (AvgIpc) is 2.25. The Morgan fingerprint density at radius 1 is 1.24 bits per heavy atom. The molecule has 0 amide bonds. The number of thioether (sulfide) groups is 1. The Morgan fingerprint density at radius 3 is 2.29 bits per heavy atom. The van der Waals surface area contributed by atoms with Crippen LogP contribution in [0.3, 0.4) is 0 Å². The molecule has 1 aromatic carbocycles. The lowest BCUT2D eigenvalue weighted by molar-refractivity contribution is 0.383. The molecule has 0 saturated carbocycles. The Morgan fingerprint density at radius 2 is 1.88 bits per heavy atom. The molecule has 0 aliphatic rings. The molecule has 96 valence electrons. The van der Waals surface area contributed by atoms with E-state index in [9.17, 15) is 0 Å². The molecule has 2 N–H and O–H groups in total. The van der Waals surface area contributed by atoms with Gasteiger partial charge in [0.1, 0.15) is 11.5 Å². The van der Waals surface area contributed by atoms with E-state index < -0.39 is 0 Å². The Hall–Kier alpha value is -0.870. The first kappa shape index (κ1) is 14.2. The zero-order valence-corrected chi connectivity index (χ0v) is 12.0. The number of hydrogen-bond donors (Lipinski definition) is 1. The van der Waals surface area contributed by atoms with Crippen molar-refractivity contribution in [3.63, 3.8) is 0 Å². The van der Waals surface area contributed by atoms with Crippen LogP contribution in [0.25, 0.3) is 0 Å². The van der Waals surface area contributed by atoms with Gasteiger partial charge in [0, 0.05) is 11.1 Å². The summed E-state index contributed by atoms with van der Waals surface area (Å²) in [7, 11) is 3.36. The van der Waals surface area contributed by atoms with Gasteiger partial charge in [0.2, 0.25) is 0 Å². The van der Waals surface area contributed by atoms with Crippen LogP contribution in [0.4, 0.5) is 0 Å². The van der Waals surface area contributed by atoms with Crippen molar-refractivity contribution in [1.82, 2.24) is 0 Å². The fourth-order valence-corrected chi connectivity index (χ4v) is 2.39. The largest absolute Gasteiger partial charge is 0.497 e. The first-order valence-electron chi connectivity index (χ1n) is 5.49. The minimum atomic E-state index is -0.269. The van der Waals surface area contributed by atoms with E-state index in [1.807, 2.05) is 32.2 Å². The molecule has 0 heterocycles. The summed E-state index contributed by atoms with van der Waals surface area (Å²) < 4.78 is 10.8. The van der Waals surface area contributed by atoms with E-state index in [1.165, 1.54) is 0 Å². The molecule has 0 bridgehead atoms. The lowest BCUT2D eigenvalue weighted by atomic mass is 9.95. The van der Waals surface area contributed by atoms with Gasteiger partial charge in [-0.05, 0) is 38.7 Å². The number of benzene rings is 1. The van der Waals surface area contributed by atoms with E-state index in [1.54, 1.807) is 26.0 Å². The van der Waals surface area contributed by atoms with Crippen molar-refractivity contribution in [3.8, 4) is 11.5 Å². The molecule has 0 aliphatic heterocycles. The van der Waals surface area contributed by atoms with Crippen LogP contribution in [0.5, 0.6) is 11.5 Å². The molecule has 0 saturated heterocycles. The molecule has 0 aliphatic carbocycles. The maximum Gasteiger partial charge on any atom is 0.135 e. The minimum absolute atomic E-state index is 0.269. The van der Waals surface area contributed by atoms with E-state index in [-0.39, 0.29) is 5.54 Å². The van der Waals surface area contributed by atoms with E-state index in [0.717, 1.165) is 28.4 Å². The smallest absolute Gasteiger partial charge is 0.135 e. The van der Waals surface area contributed by atoms with E-state index in [0.29, 0.717) is 0 Å². The third kappa shape index (κ3) is 3.82. The number of methoxy groups -OCH3 is 2. The maximum absolute atomic E-state index is 6.07. The third-order valence-electron chi connectivity index (χ3n) is 2.41. The maximum atomic E-state index is 6.07.